The highest BCUT2D eigenvalue weighted by atomic mass is 16.7. The number of ether oxygens (including phenoxy) is 2. The molecule has 0 radical (unpaired) electrons. The minimum Gasteiger partial charge on any atom is -0.454 e. The molecule has 2 aromatic rings. The third-order valence-corrected chi connectivity index (χ3v) is 3.82. The second kappa shape index (κ2) is 8.22. The predicted molar refractivity (Wildman–Crippen MR) is 98.0 cm³/mol. The van der Waals surface area contributed by atoms with Crippen LogP contribution in [0.1, 0.15) is 27.6 Å². The zero-order valence-corrected chi connectivity index (χ0v) is 14.7. The van der Waals surface area contributed by atoms with Gasteiger partial charge < -0.3 is 25.4 Å². The zero-order chi connectivity index (χ0) is 19.2. The molecule has 140 valence electrons. The molecule has 0 bridgehead atoms. The first-order valence-corrected chi connectivity index (χ1v) is 8.36. The van der Waals surface area contributed by atoms with E-state index in [1.54, 1.807) is 42.5 Å². The van der Waals surface area contributed by atoms with E-state index in [2.05, 4.69) is 16.0 Å². The second-order valence-electron chi connectivity index (χ2n) is 5.84. The van der Waals surface area contributed by atoms with Gasteiger partial charge in [-0.1, -0.05) is 0 Å². The van der Waals surface area contributed by atoms with Crippen molar-refractivity contribution in [2.24, 2.45) is 0 Å². The van der Waals surface area contributed by atoms with Crippen LogP contribution in [0.3, 0.4) is 0 Å². The van der Waals surface area contributed by atoms with Crippen LogP contribution in [0.25, 0.3) is 0 Å². The van der Waals surface area contributed by atoms with Crippen molar-refractivity contribution in [2.75, 3.05) is 25.2 Å². The third kappa shape index (κ3) is 4.75. The van der Waals surface area contributed by atoms with Crippen molar-refractivity contribution in [3.05, 3.63) is 53.6 Å². The fraction of sp³-hybridized carbons (Fsp3) is 0.211. The molecule has 0 fully saturated rings. The molecule has 8 nitrogen and oxygen atoms in total. The number of amides is 3. The number of carbonyl (C=O) groups is 3. The maximum Gasteiger partial charge on any atom is 0.255 e. The number of nitrogens with one attached hydrogen (secondary N) is 3. The maximum atomic E-state index is 12.3. The standard InChI is InChI=1S/C19H19N3O5/c1-12(23)20-8-9-21-18(24)13-2-5-15(6-3-13)22-19(25)14-4-7-16-17(10-14)27-11-26-16/h2-7,10H,8-9,11H2,1H3,(H,20,23)(H,21,24)(H,22,25). The zero-order valence-electron chi connectivity index (χ0n) is 14.7. The molecule has 0 aromatic heterocycles. The summed E-state index contributed by atoms with van der Waals surface area (Å²) in [6.45, 7) is 2.26. The number of rotatable bonds is 6. The minimum absolute atomic E-state index is 0.146. The maximum absolute atomic E-state index is 12.3. The predicted octanol–water partition coefficient (Wildman–Crippen LogP) is 1.53. The van der Waals surface area contributed by atoms with Crippen LogP contribution in [0.15, 0.2) is 42.5 Å². The van der Waals surface area contributed by atoms with Crippen LogP contribution in [0, 0.1) is 0 Å². The molecule has 3 amide bonds. The molecule has 3 rings (SSSR count). The van der Waals surface area contributed by atoms with E-state index in [4.69, 9.17) is 9.47 Å². The Bertz CT molecular complexity index is 864. The van der Waals surface area contributed by atoms with Gasteiger partial charge in [-0.3, -0.25) is 14.4 Å². The average molecular weight is 369 g/mol. The van der Waals surface area contributed by atoms with Gasteiger partial charge in [0, 0.05) is 36.8 Å². The van der Waals surface area contributed by atoms with Crippen LogP contribution >= 0.6 is 0 Å². The lowest BCUT2D eigenvalue weighted by molar-refractivity contribution is -0.118. The average Bonchev–Trinajstić information content (AvgIpc) is 3.13. The number of hydrogen-bond acceptors (Lipinski definition) is 5. The van der Waals surface area contributed by atoms with Crippen molar-refractivity contribution in [1.82, 2.24) is 10.6 Å². The Hall–Kier alpha value is -3.55. The lowest BCUT2D eigenvalue weighted by Gasteiger charge is -2.08. The molecule has 1 aliphatic heterocycles. The number of fused-ring (bicyclic) bond motifs is 1. The van der Waals surface area contributed by atoms with Crippen molar-refractivity contribution in [2.45, 2.75) is 6.92 Å². The Morgan fingerprint density at radius 2 is 1.52 bits per heavy atom. The first kappa shape index (κ1) is 18.2. The molecule has 2 aromatic carbocycles. The van der Waals surface area contributed by atoms with E-state index in [1.165, 1.54) is 6.92 Å². The third-order valence-electron chi connectivity index (χ3n) is 3.82. The summed E-state index contributed by atoms with van der Waals surface area (Å²) in [5.41, 5.74) is 1.46. The van der Waals surface area contributed by atoms with Gasteiger partial charge in [-0.15, -0.1) is 0 Å². The van der Waals surface area contributed by atoms with E-state index >= 15 is 0 Å². The molecule has 0 atom stereocenters. The van der Waals surface area contributed by atoms with E-state index in [1.807, 2.05) is 0 Å². The summed E-state index contributed by atoms with van der Waals surface area (Å²) in [6, 6.07) is 11.5. The van der Waals surface area contributed by atoms with Crippen LogP contribution in [0.4, 0.5) is 5.69 Å². The summed E-state index contributed by atoms with van der Waals surface area (Å²) >= 11 is 0. The van der Waals surface area contributed by atoms with Gasteiger partial charge in [-0.25, -0.2) is 0 Å². The summed E-state index contributed by atoms with van der Waals surface area (Å²) in [4.78, 5) is 35.1. The fourth-order valence-electron chi connectivity index (χ4n) is 2.46. The van der Waals surface area contributed by atoms with Crippen LogP contribution in [0.2, 0.25) is 0 Å². The SMILES string of the molecule is CC(=O)NCCNC(=O)c1ccc(NC(=O)c2ccc3c(c2)OCO3)cc1. The van der Waals surface area contributed by atoms with E-state index in [9.17, 15) is 14.4 Å². The Balaban J connectivity index is 1.55. The Labute approximate surface area is 155 Å². The molecule has 1 heterocycles. The Morgan fingerprint density at radius 1 is 0.852 bits per heavy atom. The quantitative estimate of drug-likeness (QED) is 0.670. The normalized spacial score (nSPS) is 11.6. The lowest BCUT2D eigenvalue weighted by Crippen LogP contribution is -2.33. The van der Waals surface area contributed by atoms with Crippen molar-refractivity contribution < 1.29 is 23.9 Å². The molecular weight excluding hydrogens is 350 g/mol. The number of benzene rings is 2. The molecule has 0 saturated carbocycles. The lowest BCUT2D eigenvalue weighted by atomic mass is 10.1. The highest BCUT2D eigenvalue weighted by Gasteiger charge is 2.16. The van der Waals surface area contributed by atoms with Gasteiger partial charge >= 0.3 is 0 Å². The largest absolute Gasteiger partial charge is 0.454 e. The van der Waals surface area contributed by atoms with Gasteiger partial charge in [0.05, 0.1) is 0 Å². The van der Waals surface area contributed by atoms with Gasteiger partial charge in [-0.05, 0) is 42.5 Å². The summed E-state index contributed by atoms with van der Waals surface area (Å²) in [6.07, 6.45) is 0. The topological polar surface area (TPSA) is 106 Å². The summed E-state index contributed by atoms with van der Waals surface area (Å²) in [7, 11) is 0. The highest BCUT2D eigenvalue weighted by Crippen LogP contribution is 2.32. The highest BCUT2D eigenvalue weighted by molar-refractivity contribution is 6.05. The van der Waals surface area contributed by atoms with Crippen molar-refractivity contribution in [1.29, 1.82) is 0 Å². The number of carbonyl (C=O) groups excluding carboxylic acids is 3. The molecular formula is C19H19N3O5. The minimum atomic E-state index is -0.291. The summed E-state index contributed by atoms with van der Waals surface area (Å²) < 4.78 is 10.5. The molecule has 0 aliphatic carbocycles. The van der Waals surface area contributed by atoms with Gasteiger partial charge in [-0.2, -0.15) is 0 Å². The van der Waals surface area contributed by atoms with Crippen LogP contribution in [-0.2, 0) is 4.79 Å². The monoisotopic (exact) mass is 369 g/mol. The molecule has 8 heteroatoms. The van der Waals surface area contributed by atoms with Gasteiger partial charge in [0.1, 0.15) is 0 Å². The van der Waals surface area contributed by atoms with E-state index in [-0.39, 0.29) is 24.5 Å². The van der Waals surface area contributed by atoms with Gasteiger partial charge in [0.25, 0.3) is 11.8 Å². The van der Waals surface area contributed by atoms with Gasteiger partial charge in [0.15, 0.2) is 11.5 Å². The van der Waals surface area contributed by atoms with E-state index < -0.39 is 0 Å². The molecule has 0 unspecified atom stereocenters. The number of anilines is 1. The molecule has 27 heavy (non-hydrogen) atoms. The number of hydrogen-bond donors (Lipinski definition) is 3. The van der Waals surface area contributed by atoms with Crippen LogP contribution in [-0.4, -0.2) is 37.6 Å². The summed E-state index contributed by atoms with van der Waals surface area (Å²) in [5, 5.41) is 8.06. The van der Waals surface area contributed by atoms with E-state index in [0.29, 0.717) is 41.4 Å². The van der Waals surface area contributed by atoms with Crippen LogP contribution in [0.5, 0.6) is 11.5 Å². The van der Waals surface area contributed by atoms with Gasteiger partial charge in [0.2, 0.25) is 12.7 Å². The Morgan fingerprint density at radius 3 is 2.26 bits per heavy atom. The molecule has 3 N–H and O–H groups in total. The first-order valence-electron chi connectivity index (χ1n) is 8.36. The second-order valence-corrected chi connectivity index (χ2v) is 5.84. The first-order chi connectivity index (χ1) is 13.0. The Kier molecular flexibility index (Phi) is 5.55. The summed E-state index contributed by atoms with van der Waals surface area (Å²) in [5.74, 6) is 0.455. The molecule has 0 spiro atoms. The van der Waals surface area contributed by atoms with Crippen LogP contribution < -0.4 is 25.4 Å². The molecule has 0 saturated heterocycles. The molecule has 1 aliphatic rings. The smallest absolute Gasteiger partial charge is 0.255 e. The van der Waals surface area contributed by atoms with Crippen molar-refractivity contribution in [3.8, 4) is 11.5 Å². The fourth-order valence-corrected chi connectivity index (χ4v) is 2.46. The van der Waals surface area contributed by atoms with Crippen molar-refractivity contribution >= 4 is 23.4 Å². The van der Waals surface area contributed by atoms with Crippen molar-refractivity contribution in [3.63, 3.8) is 0 Å². The van der Waals surface area contributed by atoms with E-state index in [0.717, 1.165) is 0 Å².